The average Bonchev–Trinajstić information content (AvgIpc) is 1.88. The Bertz CT molecular complexity index is 264. The van der Waals surface area contributed by atoms with Gasteiger partial charge in [-0.05, 0) is 9.91 Å². The van der Waals surface area contributed by atoms with Crippen LogP contribution in [0, 0.1) is 10.1 Å². The molecule has 1 heterocycles. The molecule has 0 bridgehead atoms. The Balaban J connectivity index is 3.15. The van der Waals surface area contributed by atoms with Gasteiger partial charge in [-0.15, -0.1) is 0 Å². The van der Waals surface area contributed by atoms with Crippen molar-refractivity contribution in [3.63, 3.8) is 0 Å². The Labute approximate surface area is 60.8 Å². The monoisotopic (exact) mass is 159 g/mol. The second-order valence-corrected chi connectivity index (χ2v) is 1.86. The van der Waals surface area contributed by atoms with Gasteiger partial charge in [0.15, 0.2) is 5.02 Å². The van der Waals surface area contributed by atoms with Crippen molar-refractivity contribution >= 4 is 17.4 Å². The minimum absolute atomic E-state index is 0.0486. The molecule has 5 nitrogen and oxygen atoms in total. The number of hydrogen-bond donors (Lipinski definition) is 0. The summed E-state index contributed by atoms with van der Waals surface area (Å²) in [5.41, 5.74) is 0. The lowest BCUT2D eigenvalue weighted by Crippen LogP contribution is -1.92. The number of rotatable bonds is 1. The fourth-order valence-corrected chi connectivity index (χ4v) is 0.615. The maximum absolute atomic E-state index is 10.1. The van der Waals surface area contributed by atoms with Crippen molar-refractivity contribution < 1.29 is 4.92 Å². The Morgan fingerprint density at radius 3 is 2.80 bits per heavy atom. The Morgan fingerprint density at radius 2 is 2.40 bits per heavy atom. The third-order valence-corrected chi connectivity index (χ3v) is 1.09. The summed E-state index contributed by atoms with van der Waals surface area (Å²) in [6.07, 6.45) is 2.25. The molecule has 6 heteroatoms. The molecule has 0 saturated heterocycles. The molecule has 1 aromatic heterocycles. The molecule has 0 aromatic carbocycles. The number of nitrogens with zero attached hydrogens (tertiary/aromatic N) is 3. The van der Waals surface area contributed by atoms with E-state index in [0.717, 1.165) is 6.33 Å². The first-order chi connectivity index (χ1) is 4.72. The quantitative estimate of drug-likeness (QED) is 0.454. The maximum Gasteiger partial charge on any atom is 0.385 e. The van der Waals surface area contributed by atoms with Crippen molar-refractivity contribution in [2.24, 2.45) is 0 Å². The van der Waals surface area contributed by atoms with E-state index in [9.17, 15) is 10.1 Å². The zero-order valence-electron chi connectivity index (χ0n) is 4.69. The lowest BCUT2D eigenvalue weighted by Gasteiger charge is -1.90. The van der Waals surface area contributed by atoms with Crippen molar-refractivity contribution in [3.8, 4) is 0 Å². The summed E-state index contributed by atoms with van der Waals surface area (Å²) in [5.74, 6) is -0.364. The fraction of sp³-hybridized carbons (Fsp3) is 0. The van der Waals surface area contributed by atoms with E-state index < -0.39 is 4.92 Å². The predicted octanol–water partition coefficient (Wildman–Crippen LogP) is 1.04. The van der Waals surface area contributed by atoms with Crippen molar-refractivity contribution in [2.75, 3.05) is 0 Å². The third-order valence-electron chi connectivity index (χ3n) is 0.821. The standard InChI is InChI=1S/C4H2ClN3O2/c5-3-1-6-2-7-4(3)8(9)10/h1-2H. The first-order valence-electron chi connectivity index (χ1n) is 2.31. The molecule has 52 valence electrons. The van der Waals surface area contributed by atoms with Gasteiger partial charge in [0.05, 0.1) is 6.20 Å². The van der Waals surface area contributed by atoms with E-state index in [2.05, 4.69) is 9.97 Å². The normalized spacial score (nSPS) is 9.30. The minimum Gasteiger partial charge on any atom is -0.358 e. The zero-order chi connectivity index (χ0) is 7.56. The lowest BCUT2D eigenvalue weighted by molar-refractivity contribution is -0.389. The van der Waals surface area contributed by atoms with Crippen molar-refractivity contribution in [3.05, 3.63) is 27.7 Å². The molecule has 1 aromatic rings. The van der Waals surface area contributed by atoms with Gasteiger partial charge in [-0.2, -0.15) is 0 Å². The van der Waals surface area contributed by atoms with Gasteiger partial charge in [0.25, 0.3) is 0 Å². The predicted molar refractivity (Wildman–Crippen MR) is 33.7 cm³/mol. The largest absolute Gasteiger partial charge is 0.385 e. The van der Waals surface area contributed by atoms with Crippen molar-refractivity contribution in [1.29, 1.82) is 0 Å². The molecule has 0 radical (unpaired) electrons. The van der Waals surface area contributed by atoms with Gasteiger partial charge in [0.2, 0.25) is 6.33 Å². The summed E-state index contributed by atoms with van der Waals surface area (Å²) < 4.78 is 0. The smallest absolute Gasteiger partial charge is 0.358 e. The SMILES string of the molecule is O=[N+]([O-])c1ncncc1Cl. The van der Waals surface area contributed by atoms with Gasteiger partial charge in [-0.3, -0.25) is 0 Å². The second kappa shape index (κ2) is 2.57. The number of halogens is 1. The highest BCUT2D eigenvalue weighted by molar-refractivity contribution is 6.32. The third kappa shape index (κ3) is 1.19. The molecule has 0 N–H and O–H groups in total. The molecule has 0 fully saturated rings. The second-order valence-electron chi connectivity index (χ2n) is 1.45. The van der Waals surface area contributed by atoms with Gasteiger partial charge in [-0.1, -0.05) is 11.6 Å². The molecule has 0 aliphatic rings. The van der Waals surface area contributed by atoms with Crippen LogP contribution in [0.3, 0.4) is 0 Å². The van der Waals surface area contributed by atoms with E-state index in [1.54, 1.807) is 0 Å². The highest BCUT2D eigenvalue weighted by Crippen LogP contribution is 2.17. The molecule has 0 unspecified atom stereocenters. The average molecular weight is 160 g/mol. The minimum atomic E-state index is -0.663. The Morgan fingerprint density at radius 1 is 1.70 bits per heavy atom. The summed E-state index contributed by atoms with van der Waals surface area (Å²) in [6, 6.07) is 0. The van der Waals surface area contributed by atoms with E-state index in [4.69, 9.17) is 11.6 Å². The van der Waals surface area contributed by atoms with E-state index in [-0.39, 0.29) is 10.8 Å². The molecule has 1 rings (SSSR count). The van der Waals surface area contributed by atoms with Gasteiger partial charge in [0, 0.05) is 0 Å². The van der Waals surface area contributed by atoms with E-state index in [1.165, 1.54) is 6.20 Å². The Hall–Kier alpha value is -1.23. The van der Waals surface area contributed by atoms with Crippen LogP contribution in [0.1, 0.15) is 0 Å². The molecule has 0 saturated carbocycles. The number of aromatic nitrogens is 2. The van der Waals surface area contributed by atoms with Gasteiger partial charge < -0.3 is 10.1 Å². The van der Waals surface area contributed by atoms with Crippen molar-refractivity contribution in [1.82, 2.24) is 9.97 Å². The first kappa shape index (κ1) is 6.88. The van der Waals surface area contributed by atoms with Crippen LogP contribution in [0.2, 0.25) is 5.02 Å². The number of nitro groups is 1. The van der Waals surface area contributed by atoms with Gasteiger partial charge in [0.1, 0.15) is 0 Å². The highest BCUT2D eigenvalue weighted by atomic mass is 35.5. The molecule has 0 amide bonds. The summed E-state index contributed by atoms with van der Waals surface area (Å²) in [6.45, 7) is 0. The first-order valence-corrected chi connectivity index (χ1v) is 2.69. The van der Waals surface area contributed by atoms with Crippen LogP contribution < -0.4 is 0 Å². The molecule has 0 spiro atoms. The van der Waals surface area contributed by atoms with Gasteiger partial charge in [-0.25, -0.2) is 4.98 Å². The van der Waals surface area contributed by atoms with Crippen molar-refractivity contribution in [2.45, 2.75) is 0 Å². The molecule has 10 heavy (non-hydrogen) atoms. The van der Waals surface area contributed by atoms with E-state index in [1.807, 2.05) is 0 Å². The van der Waals surface area contributed by atoms with Crippen LogP contribution in [-0.2, 0) is 0 Å². The van der Waals surface area contributed by atoms with E-state index in [0.29, 0.717) is 0 Å². The van der Waals surface area contributed by atoms with Crippen LogP contribution in [0.5, 0.6) is 0 Å². The van der Waals surface area contributed by atoms with Gasteiger partial charge >= 0.3 is 5.82 Å². The molecule has 0 aliphatic heterocycles. The lowest BCUT2D eigenvalue weighted by atomic mass is 10.6. The van der Waals surface area contributed by atoms with E-state index >= 15 is 0 Å². The number of hydrogen-bond acceptors (Lipinski definition) is 4. The summed E-state index contributed by atoms with van der Waals surface area (Å²) in [7, 11) is 0. The highest BCUT2D eigenvalue weighted by Gasteiger charge is 2.11. The van der Waals surface area contributed by atoms with Crippen LogP contribution in [0.4, 0.5) is 5.82 Å². The molecular weight excluding hydrogens is 158 g/mol. The Kier molecular flexibility index (Phi) is 1.77. The summed E-state index contributed by atoms with van der Waals surface area (Å²) in [4.78, 5) is 16.2. The molecule has 0 aliphatic carbocycles. The molecule has 0 atom stereocenters. The topological polar surface area (TPSA) is 68.9 Å². The van der Waals surface area contributed by atoms with Crippen LogP contribution >= 0.6 is 11.6 Å². The zero-order valence-corrected chi connectivity index (χ0v) is 5.45. The molecular formula is C4H2ClN3O2. The maximum atomic E-state index is 10.1. The summed E-state index contributed by atoms with van der Waals surface area (Å²) >= 11 is 5.35. The van der Waals surface area contributed by atoms with Crippen LogP contribution in [0.15, 0.2) is 12.5 Å². The van der Waals surface area contributed by atoms with Crippen LogP contribution in [-0.4, -0.2) is 14.9 Å². The fourth-order valence-electron chi connectivity index (χ4n) is 0.441. The van der Waals surface area contributed by atoms with Crippen LogP contribution in [0.25, 0.3) is 0 Å². The summed E-state index contributed by atoms with van der Waals surface area (Å²) in [5, 5.41) is 10.0.